The standard InChI is InChI=1S/C20H24O4/c1-5-9-15-20(18(21)23-7-3,19(22)24-8-4)17(6-2)16-13-11-10-12-14-16/h6,10-14,17H,2,7-8,15H2,1,3-4H3. The van der Waals surface area contributed by atoms with Crippen LogP contribution < -0.4 is 0 Å². The summed E-state index contributed by atoms with van der Waals surface area (Å²) in [5.74, 6) is 3.72. The topological polar surface area (TPSA) is 52.6 Å². The van der Waals surface area contributed by atoms with Gasteiger partial charge < -0.3 is 9.47 Å². The summed E-state index contributed by atoms with van der Waals surface area (Å²) in [7, 11) is 0. The molecule has 1 aromatic rings. The third-order valence-electron chi connectivity index (χ3n) is 3.75. The molecule has 0 aromatic heterocycles. The minimum atomic E-state index is -1.57. The van der Waals surface area contributed by atoms with Crippen LogP contribution in [-0.2, 0) is 19.1 Å². The number of allylic oxidation sites excluding steroid dienone is 1. The monoisotopic (exact) mass is 328 g/mol. The summed E-state index contributed by atoms with van der Waals surface area (Å²) in [6.45, 7) is 9.22. The highest BCUT2D eigenvalue weighted by Gasteiger charge is 2.54. The largest absolute Gasteiger partial charge is 0.465 e. The average molecular weight is 328 g/mol. The SMILES string of the molecule is C=CC(c1ccccc1)C(CC#CC)(C(=O)OCC)C(=O)OCC. The Morgan fingerprint density at radius 1 is 1.17 bits per heavy atom. The number of carbonyl (C=O) groups is 2. The zero-order valence-electron chi connectivity index (χ0n) is 14.5. The fourth-order valence-electron chi connectivity index (χ4n) is 2.62. The molecule has 0 spiro atoms. The van der Waals surface area contributed by atoms with Gasteiger partial charge in [-0.1, -0.05) is 36.4 Å². The second-order valence-electron chi connectivity index (χ2n) is 5.14. The van der Waals surface area contributed by atoms with Gasteiger partial charge in [0.2, 0.25) is 0 Å². The van der Waals surface area contributed by atoms with Gasteiger partial charge in [-0.05, 0) is 26.3 Å². The Balaban J connectivity index is 3.55. The van der Waals surface area contributed by atoms with E-state index in [4.69, 9.17) is 9.47 Å². The molecular weight excluding hydrogens is 304 g/mol. The van der Waals surface area contributed by atoms with E-state index in [0.29, 0.717) is 0 Å². The van der Waals surface area contributed by atoms with Crippen LogP contribution in [0.2, 0.25) is 0 Å². The quantitative estimate of drug-likeness (QED) is 0.317. The molecule has 0 aliphatic rings. The summed E-state index contributed by atoms with van der Waals surface area (Å²) >= 11 is 0. The van der Waals surface area contributed by atoms with E-state index < -0.39 is 23.3 Å². The van der Waals surface area contributed by atoms with Crippen molar-refractivity contribution in [3.05, 3.63) is 48.6 Å². The first-order chi connectivity index (χ1) is 11.6. The van der Waals surface area contributed by atoms with Crippen LogP contribution in [-0.4, -0.2) is 25.2 Å². The lowest BCUT2D eigenvalue weighted by atomic mass is 9.69. The highest BCUT2D eigenvalue weighted by molar-refractivity contribution is 6.02. The van der Waals surface area contributed by atoms with E-state index in [-0.39, 0.29) is 19.6 Å². The summed E-state index contributed by atoms with van der Waals surface area (Å²) in [5, 5.41) is 0. The fraction of sp³-hybridized carbons (Fsp3) is 0.400. The zero-order chi connectivity index (χ0) is 18.0. The van der Waals surface area contributed by atoms with Crippen molar-refractivity contribution in [3.8, 4) is 11.8 Å². The second kappa shape index (κ2) is 9.57. The van der Waals surface area contributed by atoms with E-state index >= 15 is 0 Å². The molecule has 4 nitrogen and oxygen atoms in total. The van der Waals surface area contributed by atoms with Gasteiger partial charge in [0.05, 0.1) is 13.2 Å². The molecule has 0 aliphatic carbocycles. The minimum absolute atomic E-state index is 0.00669. The first-order valence-corrected chi connectivity index (χ1v) is 7.99. The van der Waals surface area contributed by atoms with E-state index in [0.717, 1.165) is 5.56 Å². The maximum Gasteiger partial charge on any atom is 0.325 e. The van der Waals surface area contributed by atoms with Crippen molar-refractivity contribution < 1.29 is 19.1 Å². The normalized spacial score (nSPS) is 11.6. The summed E-state index contributed by atoms with van der Waals surface area (Å²) in [5.41, 5.74) is -0.787. The summed E-state index contributed by atoms with van der Waals surface area (Å²) in [6.07, 6.45) is 1.59. The van der Waals surface area contributed by atoms with Gasteiger partial charge >= 0.3 is 11.9 Å². The number of carbonyl (C=O) groups excluding carboxylic acids is 2. The van der Waals surface area contributed by atoms with Crippen LogP contribution in [0.1, 0.15) is 38.7 Å². The van der Waals surface area contributed by atoms with Gasteiger partial charge in [-0.2, -0.15) is 0 Å². The Hall–Kier alpha value is -2.54. The van der Waals surface area contributed by atoms with Crippen molar-refractivity contribution in [3.63, 3.8) is 0 Å². The first kappa shape index (κ1) is 19.5. The highest BCUT2D eigenvalue weighted by Crippen LogP contribution is 2.42. The zero-order valence-corrected chi connectivity index (χ0v) is 14.5. The Labute approximate surface area is 143 Å². The second-order valence-corrected chi connectivity index (χ2v) is 5.14. The molecule has 0 heterocycles. The van der Waals surface area contributed by atoms with Gasteiger partial charge in [0.25, 0.3) is 0 Å². The third-order valence-corrected chi connectivity index (χ3v) is 3.75. The molecule has 24 heavy (non-hydrogen) atoms. The molecule has 1 unspecified atom stereocenters. The Morgan fingerprint density at radius 2 is 1.71 bits per heavy atom. The molecule has 0 fully saturated rings. The fourth-order valence-corrected chi connectivity index (χ4v) is 2.62. The number of esters is 2. The van der Waals surface area contributed by atoms with Crippen LogP contribution in [0.5, 0.6) is 0 Å². The van der Waals surface area contributed by atoms with Crippen LogP contribution in [0.25, 0.3) is 0 Å². The van der Waals surface area contributed by atoms with Crippen LogP contribution in [0, 0.1) is 17.3 Å². The molecule has 0 radical (unpaired) electrons. The minimum Gasteiger partial charge on any atom is -0.465 e. The number of hydrogen-bond donors (Lipinski definition) is 0. The van der Waals surface area contributed by atoms with Gasteiger partial charge in [0.1, 0.15) is 0 Å². The molecule has 0 N–H and O–H groups in total. The summed E-state index contributed by atoms with van der Waals surface area (Å²) in [6, 6.07) is 9.25. The molecule has 0 aliphatic heterocycles. The Bertz CT molecular complexity index is 604. The predicted molar refractivity (Wildman–Crippen MR) is 93.1 cm³/mol. The van der Waals surface area contributed by atoms with Crippen molar-refractivity contribution in [2.45, 2.75) is 33.1 Å². The molecule has 0 bridgehead atoms. The van der Waals surface area contributed by atoms with E-state index in [2.05, 4.69) is 18.4 Å². The Morgan fingerprint density at radius 3 is 2.12 bits per heavy atom. The maximum atomic E-state index is 12.8. The van der Waals surface area contributed by atoms with Crippen LogP contribution in [0.15, 0.2) is 43.0 Å². The van der Waals surface area contributed by atoms with Crippen molar-refractivity contribution in [1.82, 2.24) is 0 Å². The van der Waals surface area contributed by atoms with E-state index in [9.17, 15) is 9.59 Å². The number of ether oxygens (including phenoxy) is 2. The first-order valence-electron chi connectivity index (χ1n) is 7.99. The predicted octanol–water partition coefficient (Wildman–Crippen LogP) is 3.48. The average Bonchev–Trinajstić information content (AvgIpc) is 2.59. The molecule has 128 valence electrons. The van der Waals surface area contributed by atoms with Gasteiger partial charge in [-0.15, -0.1) is 18.4 Å². The lowest BCUT2D eigenvalue weighted by Gasteiger charge is -2.33. The molecule has 0 amide bonds. The number of hydrogen-bond acceptors (Lipinski definition) is 4. The lowest BCUT2D eigenvalue weighted by Crippen LogP contribution is -2.46. The number of benzene rings is 1. The maximum absolute atomic E-state index is 12.8. The van der Waals surface area contributed by atoms with Gasteiger partial charge in [-0.25, -0.2) is 0 Å². The molecule has 0 saturated carbocycles. The van der Waals surface area contributed by atoms with Gasteiger partial charge in [-0.3, -0.25) is 9.59 Å². The van der Waals surface area contributed by atoms with E-state index in [1.165, 1.54) is 0 Å². The Kier molecular flexibility index (Phi) is 7.77. The van der Waals surface area contributed by atoms with Gasteiger partial charge in [0.15, 0.2) is 5.41 Å². The highest BCUT2D eigenvalue weighted by atomic mass is 16.6. The van der Waals surface area contributed by atoms with Crippen molar-refractivity contribution in [1.29, 1.82) is 0 Å². The van der Waals surface area contributed by atoms with E-state index in [1.54, 1.807) is 26.8 Å². The lowest BCUT2D eigenvalue weighted by molar-refractivity contribution is -0.172. The molecule has 1 atom stereocenters. The molecule has 1 aromatic carbocycles. The van der Waals surface area contributed by atoms with Gasteiger partial charge in [0, 0.05) is 12.3 Å². The van der Waals surface area contributed by atoms with Crippen molar-refractivity contribution >= 4 is 11.9 Å². The van der Waals surface area contributed by atoms with Crippen molar-refractivity contribution in [2.24, 2.45) is 5.41 Å². The molecular formula is C20H24O4. The summed E-state index contributed by atoms with van der Waals surface area (Å²) < 4.78 is 10.4. The van der Waals surface area contributed by atoms with Crippen molar-refractivity contribution in [2.75, 3.05) is 13.2 Å². The molecule has 0 saturated heterocycles. The van der Waals surface area contributed by atoms with Crippen LogP contribution in [0.4, 0.5) is 0 Å². The molecule has 1 rings (SSSR count). The molecule has 4 heteroatoms. The van der Waals surface area contributed by atoms with E-state index in [1.807, 2.05) is 30.3 Å². The number of rotatable bonds is 8. The smallest absolute Gasteiger partial charge is 0.325 e. The van der Waals surface area contributed by atoms with Crippen LogP contribution >= 0.6 is 0 Å². The summed E-state index contributed by atoms with van der Waals surface area (Å²) in [4.78, 5) is 25.6. The third kappa shape index (κ3) is 4.05. The van der Waals surface area contributed by atoms with Crippen LogP contribution in [0.3, 0.4) is 0 Å².